The van der Waals surface area contributed by atoms with E-state index >= 15 is 0 Å². The van der Waals surface area contributed by atoms with Crippen molar-refractivity contribution in [3.05, 3.63) is 41.7 Å². The topological polar surface area (TPSA) is 83.0 Å². The zero-order valence-electron chi connectivity index (χ0n) is 11.6. The Hall–Kier alpha value is -2.21. The van der Waals surface area contributed by atoms with Crippen LogP contribution in [-0.2, 0) is 6.54 Å². The van der Waals surface area contributed by atoms with Gasteiger partial charge in [0.15, 0.2) is 5.69 Å². The fraction of sp³-hybridized carbons (Fsp3) is 0.357. The first-order chi connectivity index (χ1) is 9.60. The highest BCUT2D eigenvalue weighted by Crippen LogP contribution is 2.15. The number of nitrogens with zero attached hydrogens (tertiary/aromatic N) is 3. The number of ketones is 1. The van der Waals surface area contributed by atoms with Crippen LogP contribution in [0.4, 0.5) is 0 Å². The fourth-order valence-corrected chi connectivity index (χ4v) is 1.75. The number of carbonyl (C=O) groups excluding carboxylic acids is 1. The van der Waals surface area contributed by atoms with Crippen molar-refractivity contribution in [2.24, 2.45) is 5.73 Å². The highest BCUT2D eigenvalue weighted by atomic mass is 16.5. The molecule has 0 fully saturated rings. The summed E-state index contributed by atoms with van der Waals surface area (Å²) in [5.41, 5.74) is 6.30. The summed E-state index contributed by atoms with van der Waals surface area (Å²) in [6.45, 7) is 4.91. The van der Waals surface area contributed by atoms with Crippen LogP contribution in [0.5, 0.6) is 5.75 Å². The number of hydrogen-bond acceptors (Lipinski definition) is 5. The molecule has 0 radical (unpaired) electrons. The van der Waals surface area contributed by atoms with Crippen molar-refractivity contribution in [1.29, 1.82) is 0 Å². The molecule has 0 aliphatic rings. The molecule has 1 aromatic heterocycles. The Morgan fingerprint density at radius 3 is 2.65 bits per heavy atom. The standard InChI is InChI=1S/C14H18N4O2/c1-10(2)20-12-5-3-11(4-6-12)14(19)13-9-18(8-7-15)17-16-13/h3-6,9-10H,7-8,15H2,1-2H3. The van der Waals surface area contributed by atoms with Crippen LogP contribution < -0.4 is 10.5 Å². The number of benzene rings is 1. The summed E-state index contributed by atoms with van der Waals surface area (Å²) < 4.78 is 7.09. The van der Waals surface area contributed by atoms with Crippen molar-refractivity contribution in [3.8, 4) is 5.75 Å². The molecule has 0 amide bonds. The van der Waals surface area contributed by atoms with E-state index in [1.54, 1.807) is 35.1 Å². The van der Waals surface area contributed by atoms with E-state index < -0.39 is 0 Å². The normalized spacial score (nSPS) is 10.8. The molecule has 2 rings (SSSR count). The molecule has 0 atom stereocenters. The van der Waals surface area contributed by atoms with Crippen LogP contribution in [0, 0.1) is 0 Å². The molecular formula is C14H18N4O2. The summed E-state index contributed by atoms with van der Waals surface area (Å²) in [5.74, 6) is 0.577. The van der Waals surface area contributed by atoms with Gasteiger partial charge in [0.2, 0.25) is 5.78 Å². The van der Waals surface area contributed by atoms with Gasteiger partial charge in [0.1, 0.15) is 5.75 Å². The number of carbonyl (C=O) groups is 1. The van der Waals surface area contributed by atoms with Crippen molar-refractivity contribution in [1.82, 2.24) is 15.0 Å². The molecule has 1 aromatic carbocycles. The highest BCUT2D eigenvalue weighted by molar-refractivity contribution is 6.07. The smallest absolute Gasteiger partial charge is 0.214 e. The predicted molar refractivity (Wildman–Crippen MR) is 74.7 cm³/mol. The van der Waals surface area contributed by atoms with Crippen LogP contribution in [0.2, 0.25) is 0 Å². The van der Waals surface area contributed by atoms with Crippen LogP contribution in [0.25, 0.3) is 0 Å². The van der Waals surface area contributed by atoms with E-state index in [0.29, 0.717) is 24.3 Å². The molecule has 6 heteroatoms. The first kappa shape index (κ1) is 14.2. The highest BCUT2D eigenvalue weighted by Gasteiger charge is 2.13. The van der Waals surface area contributed by atoms with Gasteiger partial charge in [-0.05, 0) is 38.1 Å². The van der Waals surface area contributed by atoms with Crippen LogP contribution in [-0.4, -0.2) is 33.4 Å². The lowest BCUT2D eigenvalue weighted by Crippen LogP contribution is -2.10. The molecule has 2 aromatic rings. The number of rotatable bonds is 6. The van der Waals surface area contributed by atoms with Crippen LogP contribution >= 0.6 is 0 Å². The Labute approximate surface area is 117 Å². The fourth-order valence-electron chi connectivity index (χ4n) is 1.75. The molecule has 1 heterocycles. The third-order valence-electron chi connectivity index (χ3n) is 2.62. The molecule has 0 saturated carbocycles. The second-order valence-electron chi connectivity index (χ2n) is 4.68. The zero-order chi connectivity index (χ0) is 14.5. The molecule has 0 spiro atoms. The Morgan fingerprint density at radius 1 is 1.35 bits per heavy atom. The summed E-state index contributed by atoms with van der Waals surface area (Å²) >= 11 is 0. The minimum Gasteiger partial charge on any atom is -0.491 e. The maximum Gasteiger partial charge on any atom is 0.214 e. The van der Waals surface area contributed by atoms with Gasteiger partial charge in [0, 0.05) is 12.1 Å². The number of nitrogens with two attached hydrogens (primary N) is 1. The molecule has 0 bridgehead atoms. The number of hydrogen-bond donors (Lipinski definition) is 1. The third kappa shape index (κ3) is 3.42. The zero-order valence-corrected chi connectivity index (χ0v) is 11.6. The Bertz CT molecular complexity index is 575. The van der Waals surface area contributed by atoms with Crippen LogP contribution in [0.1, 0.15) is 29.9 Å². The van der Waals surface area contributed by atoms with Gasteiger partial charge in [-0.2, -0.15) is 0 Å². The van der Waals surface area contributed by atoms with E-state index in [-0.39, 0.29) is 11.9 Å². The van der Waals surface area contributed by atoms with Gasteiger partial charge < -0.3 is 10.5 Å². The van der Waals surface area contributed by atoms with E-state index in [9.17, 15) is 4.79 Å². The van der Waals surface area contributed by atoms with Gasteiger partial charge in [-0.15, -0.1) is 5.10 Å². The minimum atomic E-state index is -0.163. The molecule has 2 N–H and O–H groups in total. The first-order valence-corrected chi connectivity index (χ1v) is 6.51. The Morgan fingerprint density at radius 2 is 2.05 bits per heavy atom. The summed E-state index contributed by atoms with van der Waals surface area (Å²) in [7, 11) is 0. The predicted octanol–water partition coefficient (Wildman–Crippen LogP) is 1.25. The van der Waals surface area contributed by atoms with Crippen molar-refractivity contribution >= 4 is 5.78 Å². The Balaban J connectivity index is 2.11. The molecule has 20 heavy (non-hydrogen) atoms. The van der Waals surface area contributed by atoms with Gasteiger partial charge >= 0.3 is 0 Å². The van der Waals surface area contributed by atoms with E-state index in [1.807, 2.05) is 13.8 Å². The average Bonchev–Trinajstić information content (AvgIpc) is 2.87. The van der Waals surface area contributed by atoms with Gasteiger partial charge in [0.05, 0.1) is 18.8 Å². The summed E-state index contributed by atoms with van der Waals surface area (Å²) in [6, 6.07) is 7.00. The monoisotopic (exact) mass is 274 g/mol. The second kappa shape index (κ2) is 6.29. The van der Waals surface area contributed by atoms with E-state index in [1.165, 1.54) is 0 Å². The molecule has 106 valence electrons. The molecule has 0 aliphatic carbocycles. The average molecular weight is 274 g/mol. The molecule has 6 nitrogen and oxygen atoms in total. The van der Waals surface area contributed by atoms with Gasteiger partial charge in [0.25, 0.3) is 0 Å². The SMILES string of the molecule is CC(C)Oc1ccc(C(=O)c2cn(CCN)nn2)cc1. The maximum atomic E-state index is 12.2. The van der Waals surface area contributed by atoms with E-state index in [2.05, 4.69) is 10.3 Å². The van der Waals surface area contributed by atoms with Gasteiger partial charge in [-0.25, -0.2) is 0 Å². The molecule has 0 unspecified atom stereocenters. The molecule has 0 saturated heterocycles. The summed E-state index contributed by atoms with van der Waals surface area (Å²) in [4.78, 5) is 12.2. The van der Waals surface area contributed by atoms with Crippen molar-refractivity contribution < 1.29 is 9.53 Å². The maximum absolute atomic E-state index is 12.2. The third-order valence-corrected chi connectivity index (χ3v) is 2.62. The minimum absolute atomic E-state index is 0.104. The molecular weight excluding hydrogens is 256 g/mol. The lowest BCUT2D eigenvalue weighted by molar-refractivity contribution is 0.103. The molecule has 0 aliphatic heterocycles. The van der Waals surface area contributed by atoms with Crippen molar-refractivity contribution in [2.45, 2.75) is 26.5 Å². The van der Waals surface area contributed by atoms with Gasteiger partial charge in [-0.3, -0.25) is 9.48 Å². The first-order valence-electron chi connectivity index (χ1n) is 6.51. The van der Waals surface area contributed by atoms with Crippen LogP contribution in [0.15, 0.2) is 30.5 Å². The van der Waals surface area contributed by atoms with E-state index in [4.69, 9.17) is 10.5 Å². The number of ether oxygens (including phenoxy) is 1. The van der Waals surface area contributed by atoms with Crippen LogP contribution in [0.3, 0.4) is 0 Å². The summed E-state index contributed by atoms with van der Waals surface area (Å²) in [5, 5.41) is 7.71. The Kier molecular flexibility index (Phi) is 4.47. The largest absolute Gasteiger partial charge is 0.491 e. The lowest BCUT2D eigenvalue weighted by atomic mass is 10.1. The van der Waals surface area contributed by atoms with E-state index in [0.717, 1.165) is 5.75 Å². The second-order valence-corrected chi connectivity index (χ2v) is 4.68. The van der Waals surface area contributed by atoms with Gasteiger partial charge in [-0.1, -0.05) is 5.21 Å². The van der Waals surface area contributed by atoms with Crippen molar-refractivity contribution in [3.63, 3.8) is 0 Å². The van der Waals surface area contributed by atoms with Crippen molar-refractivity contribution in [2.75, 3.05) is 6.54 Å². The quantitative estimate of drug-likeness (QED) is 0.802. The summed E-state index contributed by atoms with van der Waals surface area (Å²) in [6.07, 6.45) is 1.71. The lowest BCUT2D eigenvalue weighted by Gasteiger charge is -2.09. The number of aromatic nitrogens is 3.